The van der Waals surface area contributed by atoms with Crippen molar-refractivity contribution in [2.45, 2.75) is 25.9 Å². The summed E-state index contributed by atoms with van der Waals surface area (Å²) in [5.74, 6) is 0.923. The van der Waals surface area contributed by atoms with Gasteiger partial charge in [-0.3, -0.25) is 4.98 Å². The number of amides is 1. The zero-order valence-electron chi connectivity index (χ0n) is 18.8. The lowest BCUT2D eigenvalue weighted by molar-refractivity contribution is -0.137. The average Bonchev–Trinajstić information content (AvgIpc) is 2.83. The van der Waals surface area contributed by atoms with Crippen LogP contribution in [0.2, 0.25) is 0 Å². The predicted octanol–water partition coefficient (Wildman–Crippen LogP) is 4.91. The van der Waals surface area contributed by atoms with Crippen LogP contribution in [0, 0.1) is 6.92 Å². The predicted molar refractivity (Wildman–Crippen MR) is 122 cm³/mol. The Morgan fingerprint density at radius 1 is 0.971 bits per heavy atom. The quantitative estimate of drug-likeness (QED) is 0.530. The molecule has 1 aliphatic heterocycles. The first kappa shape index (κ1) is 23.5. The van der Waals surface area contributed by atoms with Gasteiger partial charge in [-0.1, -0.05) is 18.2 Å². The highest BCUT2D eigenvalue weighted by Gasteiger charge is 2.31. The number of aryl methyl sites for hydroxylation is 3. The molecular formula is C25H25F3N4O2. The van der Waals surface area contributed by atoms with Crippen LogP contribution < -0.4 is 9.64 Å². The van der Waals surface area contributed by atoms with E-state index in [4.69, 9.17) is 4.74 Å². The number of carbonyl (C=O) groups excluding carboxylic acids is 1. The van der Waals surface area contributed by atoms with Gasteiger partial charge in [0.15, 0.2) is 0 Å². The molecule has 178 valence electrons. The van der Waals surface area contributed by atoms with Crippen molar-refractivity contribution in [2.75, 3.05) is 31.1 Å². The summed E-state index contributed by atoms with van der Waals surface area (Å²) in [4.78, 5) is 24.4. The third-order valence-corrected chi connectivity index (χ3v) is 5.68. The summed E-state index contributed by atoms with van der Waals surface area (Å²) in [6.45, 7) is 3.67. The standard InChI is InChI=1S/C25H25F3N4O2/c1-18-3-2-4-21(30-18)9-5-19-6-10-22(11-7-19)34-24(33)32-15-13-31(14-16-32)23-12-8-20(17-29-23)25(26,27)28/h2-4,6-8,10-12,17H,5,9,13-16H2,1H3. The monoisotopic (exact) mass is 470 g/mol. The second kappa shape index (κ2) is 10.1. The molecule has 0 radical (unpaired) electrons. The first-order valence-electron chi connectivity index (χ1n) is 11.0. The summed E-state index contributed by atoms with van der Waals surface area (Å²) in [6, 6.07) is 15.8. The maximum absolute atomic E-state index is 12.7. The minimum absolute atomic E-state index is 0.392. The van der Waals surface area contributed by atoms with Gasteiger partial charge in [-0.2, -0.15) is 13.2 Å². The third kappa shape index (κ3) is 6.03. The highest BCUT2D eigenvalue weighted by atomic mass is 19.4. The molecule has 0 saturated carbocycles. The van der Waals surface area contributed by atoms with E-state index in [2.05, 4.69) is 9.97 Å². The Labute approximate surface area is 196 Å². The highest BCUT2D eigenvalue weighted by Crippen LogP contribution is 2.29. The van der Waals surface area contributed by atoms with Crippen LogP contribution in [-0.4, -0.2) is 47.1 Å². The lowest BCUT2D eigenvalue weighted by Gasteiger charge is -2.34. The van der Waals surface area contributed by atoms with Gasteiger partial charge in [-0.05, 0) is 61.7 Å². The molecule has 0 N–H and O–H groups in total. The molecule has 0 aliphatic carbocycles. The molecular weight excluding hydrogens is 445 g/mol. The molecule has 0 unspecified atom stereocenters. The SMILES string of the molecule is Cc1cccc(CCc2ccc(OC(=O)N3CCN(c4ccc(C(F)(F)F)cn4)CC3)cc2)n1. The van der Waals surface area contributed by atoms with Crippen molar-refractivity contribution in [1.29, 1.82) is 0 Å². The number of piperazine rings is 1. The average molecular weight is 470 g/mol. The van der Waals surface area contributed by atoms with E-state index in [0.29, 0.717) is 37.7 Å². The lowest BCUT2D eigenvalue weighted by atomic mass is 10.1. The number of anilines is 1. The summed E-state index contributed by atoms with van der Waals surface area (Å²) in [5.41, 5.74) is 2.38. The zero-order valence-corrected chi connectivity index (χ0v) is 18.8. The van der Waals surface area contributed by atoms with Crippen molar-refractivity contribution in [3.63, 3.8) is 0 Å². The molecule has 1 fully saturated rings. The third-order valence-electron chi connectivity index (χ3n) is 5.68. The van der Waals surface area contributed by atoms with Crippen LogP contribution >= 0.6 is 0 Å². The second-order valence-electron chi connectivity index (χ2n) is 8.16. The molecule has 3 aromatic rings. The molecule has 0 spiro atoms. The number of halogens is 3. The smallest absolute Gasteiger partial charge is 0.410 e. The number of rotatable bonds is 5. The number of aromatic nitrogens is 2. The largest absolute Gasteiger partial charge is 0.417 e. The van der Waals surface area contributed by atoms with Gasteiger partial charge >= 0.3 is 12.3 Å². The van der Waals surface area contributed by atoms with Gasteiger partial charge in [0.25, 0.3) is 0 Å². The Balaban J connectivity index is 1.25. The van der Waals surface area contributed by atoms with Crippen molar-refractivity contribution in [3.05, 3.63) is 83.3 Å². The van der Waals surface area contributed by atoms with Gasteiger partial charge in [0.1, 0.15) is 11.6 Å². The lowest BCUT2D eigenvalue weighted by Crippen LogP contribution is -2.49. The minimum atomic E-state index is -4.41. The number of alkyl halides is 3. The minimum Gasteiger partial charge on any atom is -0.410 e. The maximum Gasteiger partial charge on any atom is 0.417 e. The highest BCUT2D eigenvalue weighted by molar-refractivity contribution is 5.71. The van der Waals surface area contributed by atoms with Crippen molar-refractivity contribution >= 4 is 11.9 Å². The number of hydrogen-bond acceptors (Lipinski definition) is 5. The summed E-state index contributed by atoms with van der Waals surface area (Å²) in [6.07, 6.45) is -2.36. The van der Waals surface area contributed by atoms with Crippen LogP contribution in [0.25, 0.3) is 0 Å². The van der Waals surface area contributed by atoms with Gasteiger partial charge in [0.05, 0.1) is 5.56 Å². The van der Waals surface area contributed by atoms with Crippen LogP contribution in [-0.2, 0) is 19.0 Å². The zero-order chi connectivity index (χ0) is 24.1. The van der Waals surface area contributed by atoms with E-state index < -0.39 is 17.8 Å². The molecule has 0 atom stereocenters. The Kier molecular flexibility index (Phi) is 7.00. The van der Waals surface area contributed by atoms with Crippen LogP contribution in [0.4, 0.5) is 23.8 Å². The van der Waals surface area contributed by atoms with Crippen LogP contribution in [0.1, 0.15) is 22.5 Å². The van der Waals surface area contributed by atoms with E-state index in [1.54, 1.807) is 17.0 Å². The fourth-order valence-electron chi connectivity index (χ4n) is 3.76. The van der Waals surface area contributed by atoms with Crippen molar-refractivity contribution < 1.29 is 22.7 Å². The fraction of sp³-hybridized carbons (Fsp3) is 0.320. The van der Waals surface area contributed by atoms with E-state index in [-0.39, 0.29) is 0 Å². The first-order chi connectivity index (χ1) is 16.3. The van der Waals surface area contributed by atoms with Crippen LogP contribution in [0.5, 0.6) is 5.75 Å². The Morgan fingerprint density at radius 2 is 1.71 bits per heavy atom. The molecule has 9 heteroatoms. The Bertz CT molecular complexity index is 1110. The van der Waals surface area contributed by atoms with Gasteiger partial charge in [0, 0.05) is 43.8 Å². The van der Waals surface area contributed by atoms with Gasteiger partial charge in [-0.15, -0.1) is 0 Å². The van der Waals surface area contributed by atoms with E-state index in [1.807, 2.05) is 42.2 Å². The molecule has 3 heterocycles. The topological polar surface area (TPSA) is 58.6 Å². The number of nitrogens with zero attached hydrogens (tertiary/aromatic N) is 4. The number of pyridine rings is 2. The summed E-state index contributed by atoms with van der Waals surface area (Å²) >= 11 is 0. The molecule has 34 heavy (non-hydrogen) atoms. The van der Waals surface area contributed by atoms with Crippen molar-refractivity contribution in [2.24, 2.45) is 0 Å². The summed E-state index contributed by atoms with van der Waals surface area (Å²) < 4.78 is 43.6. The Morgan fingerprint density at radius 3 is 2.32 bits per heavy atom. The van der Waals surface area contributed by atoms with E-state index in [9.17, 15) is 18.0 Å². The van der Waals surface area contributed by atoms with Gasteiger partial charge < -0.3 is 14.5 Å². The first-order valence-corrected chi connectivity index (χ1v) is 11.0. The van der Waals surface area contributed by atoms with E-state index in [0.717, 1.165) is 42.1 Å². The van der Waals surface area contributed by atoms with E-state index in [1.165, 1.54) is 6.07 Å². The number of hydrogen-bond donors (Lipinski definition) is 0. The summed E-state index contributed by atoms with van der Waals surface area (Å²) in [5, 5.41) is 0. The van der Waals surface area contributed by atoms with Gasteiger partial charge in [0.2, 0.25) is 0 Å². The summed E-state index contributed by atoms with van der Waals surface area (Å²) in [7, 11) is 0. The molecule has 1 aliphatic rings. The fourth-order valence-corrected chi connectivity index (χ4v) is 3.76. The molecule has 1 amide bonds. The van der Waals surface area contributed by atoms with Crippen molar-refractivity contribution in [3.8, 4) is 5.75 Å². The van der Waals surface area contributed by atoms with Crippen LogP contribution in [0.3, 0.4) is 0 Å². The Hall–Kier alpha value is -3.62. The van der Waals surface area contributed by atoms with Crippen molar-refractivity contribution in [1.82, 2.24) is 14.9 Å². The molecule has 6 nitrogen and oxygen atoms in total. The number of ether oxygens (including phenoxy) is 1. The number of benzene rings is 1. The van der Waals surface area contributed by atoms with Crippen LogP contribution in [0.15, 0.2) is 60.8 Å². The normalized spacial score (nSPS) is 14.2. The van der Waals surface area contributed by atoms with E-state index >= 15 is 0 Å². The number of carbonyl (C=O) groups is 1. The molecule has 4 rings (SSSR count). The van der Waals surface area contributed by atoms with Gasteiger partial charge in [-0.25, -0.2) is 9.78 Å². The molecule has 2 aromatic heterocycles. The second-order valence-corrected chi connectivity index (χ2v) is 8.16. The molecule has 1 saturated heterocycles. The molecule has 1 aromatic carbocycles. The maximum atomic E-state index is 12.7. The molecule has 0 bridgehead atoms.